The lowest BCUT2D eigenvalue weighted by molar-refractivity contribution is -0.136. The van der Waals surface area contributed by atoms with E-state index in [0.29, 0.717) is 49.4 Å². The van der Waals surface area contributed by atoms with Gasteiger partial charge in [-0.3, -0.25) is 29.5 Å². The number of carbonyl (C=O) groups excluding carboxylic acids is 3. The number of nitrogens with zero attached hydrogens (tertiary/aromatic N) is 3. The minimum atomic E-state index is -0.805. The van der Waals surface area contributed by atoms with Crippen LogP contribution < -0.4 is 5.32 Å². The molecule has 1 atom stereocenters. The van der Waals surface area contributed by atoms with Crippen molar-refractivity contribution in [1.82, 2.24) is 20.0 Å². The number of piperazine rings is 1. The Balaban J connectivity index is 1.16. The number of carbonyl (C=O) groups is 3. The quantitative estimate of drug-likeness (QED) is 0.464. The summed E-state index contributed by atoms with van der Waals surface area (Å²) in [5.41, 5.74) is 1.74. The summed E-state index contributed by atoms with van der Waals surface area (Å²) >= 11 is 0. The van der Waals surface area contributed by atoms with Crippen molar-refractivity contribution in [3.8, 4) is 0 Å². The Morgan fingerprint density at radius 2 is 1.46 bits per heavy atom. The largest absolute Gasteiger partial charge is 0.322 e. The van der Waals surface area contributed by atoms with Crippen LogP contribution in [0.4, 0.5) is 13.2 Å². The van der Waals surface area contributed by atoms with E-state index in [1.54, 1.807) is 48.5 Å². The average Bonchev–Trinajstić information content (AvgIpc) is 3.30. The first-order valence-electron chi connectivity index (χ1n) is 13.7. The Morgan fingerprint density at radius 3 is 2.07 bits per heavy atom. The second-order valence-corrected chi connectivity index (χ2v) is 10.7. The van der Waals surface area contributed by atoms with Gasteiger partial charge in [-0.25, -0.2) is 13.2 Å². The van der Waals surface area contributed by atoms with Crippen LogP contribution in [-0.4, -0.2) is 64.6 Å². The Labute approximate surface area is 235 Å². The second-order valence-electron chi connectivity index (χ2n) is 10.7. The van der Waals surface area contributed by atoms with Gasteiger partial charge in [0.2, 0.25) is 11.8 Å². The first-order chi connectivity index (χ1) is 19.8. The van der Waals surface area contributed by atoms with Crippen molar-refractivity contribution in [1.29, 1.82) is 0 Å². The van der Waals surface area contributed by atoms with Crippen LogP contribution in [-0.2, 0) is 22.7 Å². The third kappa shape index (κ3) is 5.13. The first kappa shape index (κ1) is 27.2. The standard InChI is InChI=1S/C31H29F3N4O3/c32-24-7-3-1-5-21(24)29(22-6-2-4-8-25(22)33)37-15-13-36(14-16-37)17-19-9-10-20-23(28(19)34)18-38(31(20)41)26-11-12-27(39)35-30(26)40/h1-10,26,29H,11-18H2,(H,35,39,40). The Bertz CT molecular complexity index is 1480. The zero-order chi connectivity index (χ0) is 28.7. The summed E-state index contributed by atoms with van der Waals surface area (Å²) in [4.78, 5) is 42.3. The number of fused-ring (bicyclic) bond motifs is 1. The van der Waals surface area contributed by atoms with Gasteiger partial charge in [-0.15, -0.1) is 0 Å². The Morgan fingerprint density at radius 1 is 0.829 bits per heavy atom. The lowest BCUT2D eigenvalue weighted by Crippen LogP contribution is -2.52. The molecule has 0 bridgehead atoms. The zero-order valence-electron chi connectivity index (χ0n) is 22.3. The SMILES string of the molecule is O=C1CCC(N2Cc3c(ccc(CN4CCN(C(c5ccccc5F)c5ccccc5F)CC4)c3F)C2=O)C(=O)N1. The van der Waals surface area contributed by atoms with Crippen LogP contribution in [0.2, 0.25) is 0 Å². The van der Waals surface area contributed by atoms with E-state index in [4.69, 9.17) is 0 Å². The van der Waals surface area contributed by atoms with Gasteiger partial charge in [0.1, 0.15) is 23.5 Å². The third-order valence-electron chi connectivity index (χ3n) is 8.29. The maximum absolute atomic E-state index is 15.7. The molecule has 3 amide bonds. The fraction of sp³-hybridized carbons (Fsp3) is 0.323. The number of amides is 3. The minimum absolute atomic E-state index is 0.0269. The number of rotatable bonds is 6. The summed E-state index contributed by atoms with van der Waals surface area (Å²) in [5.74, 6) is -2.60. The van der Waals surface area contributed by atoms with Gasteiger partial charge in [0.25, 0.3) is 5.91 Å². The van der Waals surface area contributed by atoms with E-state index in [2.05, 4.69) is 10.2 Å². The molecule has 3 aromatic carbocycles. The van der Waals surface area contributed by atoms with Gasteiger partial charge in [-0.1, -0.05) is 42.5 Å². The number of benzene rings is 3. The molecule has 212 valence electrons. The highest BCUT2D eigenvalue weighted by molar-refractivity contribution is 6.05. The van der Waals surface area contributed by atoms with Crippen molar-refractivity contribution in [2.24, 2.45) is 0 Å². The summed E-state index contributed by atoms with van der Waals surface area (Å²) in [7, 11) is 0. The normalized spacial score (nSPS) is 20.0. The highest BCUT2D eigenvalue weighted by Crippen LogP contribution is 2.34. The predicted molar refractivity (Wildman–Crippen MR) is 144 cm³/mol. The molecule has 3 aliphatic rings. The molecular formula is C31H29F3N4O3. The number of halogens is 3. The number of nitrogens with one attached hydrogen (secondary N) is 1. The Kier molecular flexibility index (Phi) is 7.35. The lowest BCUT2D eigenvalue weighted by atomic mass is 9.95. The van der Waals surface area contributed by atoms with Crippen molar-refractivity contribution in [2.45, 2.75) is 38.0 Å². The van der Waals surface area contributed by atoms with Crippen LogP contribution in [0.3, 0.4) is 0 Å². The second kappa shape index (κ2) is 11.1. The van der Waals surface area contributed by atoms with Crippen molar-refractivity contribution >= 4 is 17.7 Å². The molecule has 1 unspecified atom stereocenters. The summed E-state index contributed by atoms with van der Waals surface area (Å²) in [6.45, 7) is 2.42. The molecule has 3 aromatic rings. The van der Waals surface area contributed by atoms with Gasteiger partial charge in [-0.2, -0.15) is 0 Å². The molecule has 3 aliphatic heterocycles. The molecule has 0 saturated carbocycles. The fourth-order valence-electron chi connectivity index (χ4n) is 6.15. The molecule has 0 radical (unpaired) electrons. The predicted octanol–water partition coefficient (Wildman–Crippen LogP) is 3.77. The van der Waals surface area contributed by atoms with Gasteiger partial charge in [0.05, 0.1) is 12.6 Å². The van der Waals surface area contributed by atoms with Crippen LogP contribution in [0, 0.1) is 17.5 Å². The van der Waals surface area contributed by atoms with Gasteiger partial charge >= 0.3 is 0 Å². The molecule has 0 aromatic heterocycles. The molecule has 2 fully saturated rings. The highest BCUT2D eigenvalue weighted by Gasteiger charge is 2.40. The molecule has 41 heavy (non-hydrogen) atoms. The Hall–Kier alpha value is -4.02. The van der Waals surface area contributed by atoms with Gasteiger partial charge in [0, 0.05) is 67.0 Å². The lowest BCUT2D eigenvalue weighted by Gasteiger charge is -2.40. The average molecular weight is 563 g/mol. The van der Waals surface area contributed by atoms with Gasteiger partial charge in [-0.05, 0) is 24.6 Å². The zero-order valence-corrected chi connectivity index (χ0v) is 22.3. The smallest absolute Gasteiger partial charge is 0.255 e. The van der Waals surface area contributed by atoms with Crippen molar-refractivity contribution in [2.75, 3.05) is 26.2 Å². The molecule has 7 nitrogen and oxygen atoms in total. The number of imide groups is 1. The minimum Gasteiger partial charge on any atom is -0.322 e. The van der Waals surface area contributed by atoms with E-state index >= 15 is 4.39 Å². The topological polar surface area (TPSA) is 73.0 Å². The molecule has 2 saturated heterocycles. The number of piperidine rings is 1. The molecule has 10 heteroatoms. The van der Waals surface area contributed by atoms with Crippen molar-refractivity contribution in [3.63, 3.8) is 0 Å². The van der Waals surface area contributed by atoms with E-state index < -0.39 is 41.3 Å². The van der Waals surface area contributed by atoms with Crippen LogP contribution in [0.1, 0.15) is 51.5 Å². The maximum Gasteiger partial charge on any atom is 0.255 e. The van der Waals surface area contributed by atoms with Gasteiger partial charge < -0.3 is 4.90 Å². The molecule has 3 heterocycles. The molecule has 1 N–H and O–H groups in total. The van der Waals surface area contributed by atoms with E-state index in [1.807, 2.05) is 4.90 Å². The summed E-state index contributed by atoms with van der Waals surface area (Å²) in [6.07, 6.45) is 0.342. The van der Waals surface area contributed by atoms with E-state index in [9.17, 15) is 23.2 Å². The molecule has 0 aliphatic carbocycles. The van der Waals surface area contributed by atoms with Crippen molar-refractivity contribution in [3.05, 3.63) is 106 Å². The van der Waals surface area contributed by atoms with Crippen LogP contribution >= 0.6 is 0 Å². The van der Waals surface area contributed by atoms with E-state index in [0.717, 1.165) is 0 Å². The van der Waals surface area contributed by atoms with Crippen molar-refractivity contribution < 1.29 is 27.6 Å². The summed E-state index contributed by atoms with van der Waals surface area (Å²) in [6, 6.07) is 14.6. The van der Waals surface area contributed by atoms with E-state index in [1.165, 1.54) is 17.0 Å². The third-order valence-corrected chi connectivity index (χ3v) is 8.29. The first-order valence-corrected chi connectivity index (χ1v) is 13.7. The number of hydrogen-bond donors (Lipinski definition) is 1. The fourth-order valence-corrected chi connectivity index (χ4v) is 6.15. The van der Waals surface area contributed by atoms with Gasteiger partial charge in [0.15, 0.2) is 0 Å². The summed E-state index contributed by atoms with van der Waals surface area (Å²) in [5, 5.41) is 2.25. The highest BCUT2D eigenvalue weighted by atomic mass is 19.1. The van der Waals surface area contributed by atoms with Crippen LogP contribution in [0.5, 0.6) is 0 Å². The molecule has 6 rings (SSSR count). The summed E-state index contributed by atoms with van der Waals surface area (Å²) < 4.78 is 45.4. The molecule has 0 spiro atoms. The monoisotopic (exact) mass is 562 g/mol. The van der Waals surface area contributed by atoms with Crippen LogP contribution in [0.25, 0.3) is 0 Å². The maximum atomic E-state index is 15.7. The number of hydrogen-bond acceptors (Lipinski definition) is 5. The van der Waals surface area contributed by atoms with Crippen LogP contribution in [0.15, 0.2) is 60.7 Å². The van der Waals surface area contributed by atoms with E-state index in [-0.39, 0.29) is 36.4 Å². The molecular weight excluding hydrogens is 533 g/mol.